The third-order valence-electron chi connectivity index (χ3n) is 2.24. The van der Waals surface area contributed by atoms with Gasteiger partial charge in [-0.2, -0.15) is 0 Å². The first-order valence-corrected chi connectivity index (χ1v) is 8.58. The standard InChI is InChI=1S/C6H8O4.2C5H6O4.C4H4O4.10H2O.2Sr/c1-9-5(7)3-4-6(8)10-2;2*1-9-5(8)3-2-4(6)7;5-3(6)1-2-4(7)8;;;;;;;;;;;;/h3-4H,1-2H3;2*2-3H,1H3,(H,6,7);1-2H,(H,5,6)(H,7,8);10*1H2;;/q;;;;;;;;;;;;;;2*+2/p-4/b4-3+;2*3-2+;2-1+;;;;;;;;;;;;. The number of carbonyl (C=O) groups is 8. The van der Waals surface area contributed by atoms with Crippen molar-refractivity contribution in [3.8, 4) is 0 Å². The number of esters is 4. The Labute approximate surface area is 344 Å². The molecule has 0 radical (unpaired) electrons. The number of ether oxygens (including phenoxy) is 4. The van der Waals surface area contributed by atoms with Crippen molar-refractivity contribution in [1.29, 1.82) is 0 Å². The molecule has 0 aliphatic rings. The fourth-order valence-corrected chi connectivity index (χ4v) is 0.823. The van der Waals surface area contributed by atoms with Crippen molar-refractivity contribution in [3.63, 3.8) is 0 Å². The van der Waals surface area contributed by atoms with Crippen LogP contribution in [-0.2, 0) is 57.3 Å². The van der Waals surface area contributed by atoms with Gasteiger partial charge in [0.25, 0.3) is 0 Å². The molecule has 0 aromatic rings. The Hall–Kier alpha value is -2.72. The molecule has 0 spiro atoms. The summed E-state index contributed by atoms with van der Waals surface area (Å²) >= 11 is 0. The first-order valence-electron chi connectivity index (χ1n) is 8.58. The van der Waals surface area contributed by atoms with Crippen LogP contribution in [0, 0.1) is 0 Å². The average Bonchev–Trinajstić information content (AvgIpc) is 2.83. The van der Waals surface area contributed by atoms with E-state index < -0.39 is 47.8 Å². The molecule has 0 unspecified atom stereocenters. The molecule has 0 aliphatic carbocycles. The summed E-state index contributed by atoms with van der Waals surface area (Å²) in [4.78, 5) is 79.2. The molecule has 0 bridgehead atoms. The van der Waals surface area contributed by atoms with Crippen molar-refractivity contribution in [3.05, 3.63) is 48.6 Å². The van der Waals surface area contributed by atoms with Crippen molar-refractivity contribution in [2.75, 3.05) is 28.4 Å². The Morgan fingerprint density at radius 2 is 0.542 bits per heavy atom. The van der Waals surface area contributed by atoms with Crippen LogP contribution in [0.3, 0.4) is 0 Å². The fourth-order valence-electron chi connectivity index (χ4n) is 0.823. The molecule has 280 valence electrons. The molecule has 0 fully saturated rings. The molecule has 20 N–H and O–H groups in total. The van der Waals surface area contributed by atoms with Gasteiger partial charge in [-0.3, -0.25) is 0 Å². The van der Waals surface area contributed by atoms with Crippen LogP contribution in [0.25, 0.3) is 0 Å². The summed E-state index contributed by atoms with van der Waals surface area (Å²) in [6.45, 7) is 0. The third kappa shape index (κ3) is 121. The van der Waals surface area contributed by atoms with Gasteiger partial charge in [0.1, 0.15) is 0 Å². The molecule has 0 aliphatic heterocycles. The minimum Gasteiger partial charge on any atom is -0.870 e. The molecule has 0 amide bonds. The molecule has 0 atom stereocenters. The predicted molar refractivity (Wildman–Crippen MR) is 154 cm³/mol. The molecule has 0 rings (SSSR count). The number of hydrogen-bond acceptors (Lipinski definition) is 16. The Morgan fingerprint density at radius 1 is 0.396 bits per heavy atom. The van der Waals surface area contributed by atoms with Gasteiger partial charge in [0.05, 0.1) is 40.4 Å². The number of carboxylic acids is 4. The van der Waals surface area contributed by atoms with E-state index >= 15 is 0 Å². The van der Waals surface area contributed by atoms with Gasteiger partial charge in [-0.15, -0.1) is 0 Å². The van der Waals surface area contributed by atoms with E-state index in [9.17, 15) is 48.6 Å². The largest absolute Gasteiger partial charge is 2.00 e. The van der Waals surface area contributed by atoms with E-state index in [-0.39, 0.29) is 146 Å². The predicted octanol–water partition coefficient (Wildman–Crippen LogP) is -11.2. The summed E-state index contributed by atoms with van der Waals surface area (Å²) in [5.41, 5.74) is 0. The van der Waals surface area contributed by atoms with Crippen LogP contribution >= 0.6 is 0 Å². The van der Waals surface area contributed by atoms with Gasteiger partial charge < -0.3 is 104 Å². The van der Waals surface area contributed by atoms with Gasteiger partial charge in [-0.25, -0.2) is 28.8 Å². The molecule has 0 heterocycles. The van der Waals surface area contributed by atoms with E-state index in [1.54, 1.807) is 0 Å². The van der Waals surface area contributed by atoms with Crippen LogP contribution in [0.15, 0.2) is 48.6 Å². The van der Waals surface area contributed by atoms with Crippen molar-refractivity contribution in [1.82, 2.24) is 0 Å². The normalized spacial score (nSPS) is 7.08. The number of methoxy groups -OCH3 is 4. The maximum absolute atomic E-state index is 10.3. The monoisotopic (exact) mass is 872 g/mol. The zero-order valence-corrected chi connectivity index (χ0v) is 32.5. The van der Waals surface area contributed by atoms with E-state index in [1.807, 2.05) is 0 Å². The van der Waals surface area contributed by atoms with E-state index in [2.05, 4.69) is 18.9 Å². The number of carboxylic acid groups (broad SMARTS) is 4. The molecular formula is C20H40O26Sr2. The number of rotatable bonds is 8. The molecular weight excluding hydrogens is 831 g/mol. The summed E-state index contributed by atoms with van der Waals surface area (Å²) in [6, 6.07) is 0. The molecule has 0 aromatic carbocycles. The first kappa shape index (κ1) is 104. The van der Waals surface area contributed by atoms with Crippen LogP contribution in [0.5, 0.6) is 0 Å². The van der Waals surface area contributed by atoms with E-state index in [1.165, 1.54) is 14.2 Å². The average molecular weight is 872 g/mol. The van der Waals surface area contributed by atoms with E-state index in [0.29, 0.717) is 24.3 Å². The zero-order valence-electron chi connectivity index (χ0n) is 25.5. The molecule has 0 saturated heterocycles. The second kappa shape index (κ2) is 74.9. The topological polar surface area (TPSA) is 572 Å². The number of carbonyl (C=O) groups excluding carboxylic acids is 6. The first-order chi connectivity index (χ1) is 16.7. The minimum absolute atomic E-state index is 0. The Kier molecular flexibility index (Phi) is 162. The van der Waals surface area contributed by atoms with Crippen LogP contribution in [0.2, 0.25) is 0 Å². The zero-order chi connectivity index (χ0) is 29.1. The van der Waals surface area contributed by atoms with Gasteiger partial charge in [0.2, 0.25) is 0 Å². The molecule has 26 nitrogen and oxygen atoms in total. The molecule has 0 aromatic heterocycles. The smallest absolute Gasteiger partial charge is 0.870 e. The van der Waals surface area contributed by atoms with E-state index in [4.69, 9.17) is 10.2 Å². The van der Waals surface area contributed by atoms with Gasteiger partial charge in [-0.1, -0.05) is 0 Å². The Morgan fingerprint density at radius 3 is 0.646 bits per heavy atom. The molecule has 28 heteroatoms. The number of hydrogen-bond donors (Lipinski definition) is 2. The van der Waals surface area contributed by atoms with Gasteiger partial charge in [-0.05, 0) is 12.2 Å². The van der Waals surface area contributed by atoms with Gasteiger partial charge >= 0.3 is 127 Å². The summed E-state index contributed by atoms with van der Waals surface area (Å²) in [5, 5.41) is 34.9. The van der Waals surface area contributed by atoms with Crippen LogP contribution < -0.4 is 10.2 Å². The number of aliphatic carboxylic acids is 4. The van der Waals surface area contributed by atoms with Crippen LogP contribution in [0.4, 0.5) is 0 Å². The maximum atomic E-state index is 10.3. The van der Waals surface area contributed by atoms with Crippen molar-refractivity contribution >= 4 is 139 Å². The van der Waals surface area contributed by atoms with Crippen LogP contribution in [0.1, 0.15) is 0 Å². The summed E-state index contributed by atoms with van der Waals surface area (Å²) in [5.74, 6) is -7.92. The van der Waals surface area contributed by atoms with Crippen molar-refractivity contribution < 1.29 is 132 Å². The summed E-state index contributed by atoms with van der Waals surface area (Å²) in [7, 11) is 4.76. The maximum Gasteiger partial charge on any atom is 2.00 e. The Bertz CT molecular complexity index is 828. The SMILES string of the molecule is COC(=O)/C=C/C(=O)OC.COC(=O)/C=C/C(=O)[O-].COC(=O)/C=C/C(=O)[O-].O.O.O.O.O.O.O.O.O=C(O)/C=C/C(=O)O.[OH-].[OH-].[Sr+2].[Sr+2]. The quantitative estimate of drug-likeness (QED) is 0.0989. The second-order valence-electron chi connectivity index (χ2n) is 4.74. The molecule has 0 saturated carbocycles. The minimum atomic E-state index is -1.42. The summed E-state index contributed by atoms with van der Waals surface area (Å²) in [6.07, 6.45) is 5.85. The van der Waals surface area contributed by atoms with Gasteiger partial charge in [0.15, 0.2) is 0 Å². The van der Waals surface area contributed by atoms with Crippen molar-refractivity contribution in [2.45, 2.75) is 0 Å². The van der Waals surface area contributed by atoms with Crippen LogP contribution in [-0.4, -0.2) is 232 Å². The second-order valence-corrected chi connectivity index (χ2v) is 4.74. The van der Waals surface area contributed by atoms with Crippen molar-refractivity contribution in [2.24, 2.45) is 0 Å². The fraction of sp³-hybridized carbons (Fsp3) is 0.200. The van der Waals surface area contributed by atoms with Gasteiger partial charge in [0, 0.05) is 36.5 Å². The third-order valence-corrected chi connectivity index (χ3v) is 2.24. The molecule has 48 heavy (non-hydrogen) atoms. The summed E-state index contributed by atoms with van der Waals surface area (Å²) < 4.78 is 16.6. The Balaban J connectivity index is -0.0000000188. The van der Waals surface area contributed by atoms with E-state index in [0.717, 1.165) is 38.5 Å².